The Morgan fingerprint density at radius 2 is 1.96 bits per heavy atom. The third-order valence-corrected chi connectivity index (χ3v) is 5.94. The van der Waals surface area contributed by atoms with Crippen molar-refractivity contribution in [2.45, 2.75) is 32.2 Å². The van der Waals surface area contributed by atoms with Gasteiger partial charge in [-0.2, -0.15) is 5.10 Å². The van der Waals surface area contributed by atoms with E-state index in [9.17, 15) is 18.0 Å². The van der Waals surface area contributed by atoms with Gasteiger partial charge in [-0.25, -0.2) is 13.4 Å². The highest BCUT2D eigenvalue weighted by Crippen LogP contribution is 2.22. The quantitative estimate of drug-likeness (QED) is 0.884. The van der Waals surface area contributed by atoms with Gasteiger partial charge in [0.25, 0.3) is 5.91 Å². The second-order valence-electron chi connectivity index (χ2n) is 6.16. The summed E-state index contributed by atoms with van der Waals surface area (Å²) in [6.45, 7) is 1.95. The average Bonchev–Trinajstić information content (AvgIpc) is 2.90. The van der Waals surface area contributed by atoms with Crippen molar-refractivity contribution in [2.75, 3.05) is 16.8 Å². The lowest BCUT2D eigenvalue weighted by Crippen LogP contribution is -2.42. The van der Waals surface area contributed by atoms with Gasteiger partial charge in [0, 0.05) is 18.5 Å². The maximum absolute atomic E-state index is 12.3. The number of hydrazone groups is 1. The highest BCUT2D eigenvalue weighted by molar-refractivity contribution is 7.91. The molecule has 3 rings (SSSR count). The first-order chi connectivity index (χ1) is 11.3. The van der Waals surface area contributed by atoms with Gasteiger partial charge in [0.15, 0.2) is 9.84 Å². The number of amides is 2. The number of hydrogen-bond acceptors (Lipinski definition) is 5. The molecular formula is C16H19N3O4S. The Labute approximate surface area is 140 Å². The van der Waals surface area contributed by atoms with Crippen molar-refractivity contribution in [1.29, 1.82) is 0 Å². The second-order valence-corrected chi connectivity index (χ2v) is 8.39. The van der Waals surface area contributed by atoms with E-state index in [0.717, 1.165) is 5.56 Å². The Balaban J connectivity index is 1.75. The van der Waals surface area contributed by atoms with Gasteiger partial charge < -0.3 is 5.32 Å². The van der Waals surface area contributed by atoms with Crippen LogP contribution in [0.25, 0.3) is 0 Å². The number of anilines is 1. The largest absolute Gasteiger partial charge is 0.321 e. The number of hydrogen-bond donors (Lipinski definition) is 1. The van der Waals surface area contributed by atoms with Crippen molar-refractivity contribution >= 4 is 33.1 Å². The summed E-state index contributed by atoms with van der Waals surface area (Å²) in [7, 11) is -3.12. The van der Waals surface area contributed by atoms with Crippen molar-refractivity contribution in [3.8, 4) is 0 Å². The minimum atomic E-state index is -3.12. The van der Waals surface area contributed by atoms with Gasteiger partial charge in [0.1, 0.15) is 5.71 Å². The molecule has 0 unspecified atom stereocenters. The minimum absolute atomic E-state index is 0.0574. The molecule has 1 aromatic rings. The van der Waals surface area contributed by atoms with Gasteiger partial charge >= 0.3 is 0 Å². The summed E-state index contributed by atoms with van der Waals surface area (Å²) in [5.41, 5.74) is 1.99. The van der Waals surface area contributed by atoms with Crippen LogP contribution in [-0.2, 0) is 19.4 Å². The fraction of sp³-hybridized carbons (Fsp3) is 0.438. The monoisotopic (exact) mass is 349 g/mol. The lowest BCUT2D eigenvalue weighted by Gasteiger charge is -2.27. The van der Waals surface area contributed by atoms with Crippen LogP contribution >= 0.6 is 0 Å². The molecule has 1 fully saturated rings. The highest BCUT2D eigenvalue weighted by Gasteiger charge is 2.37. The molecule has 1 atom stereocenters. The lowest BCUT2D eigenvalue weighted by molar-refractivity contribution is -0.133. The van der Waals surface area contributed by atoms with E-state index in [4.69, 9.17) is 0 Å². The SMILES string of the molecule is Cc1ccc(NC(=O)C2=NN([C@@H]3CCS(=O)(=O)C3)C(=O)CC2)cc1. The predicted molar refractivity (Wildman–Crippen MR) is 90.4 cm³/mol. The predicted octanol–water partition coefficient (Wildman–Crippen LogP) is 1.10. The van der Waals surface area contributed by atoms with E-state index >= 15 is 0 Å². The van der Waals surface area contributed by atoms with E-state index in [-0.39, 0.29) is 41.9 Å². The van der Waals surface area contributed by atoms with Crippen LogP contribution < -0.4 is 5.32 Å². The lowest BCUT2D eigenvalue weighted by atomic mass is 10.1. The first-order valence-corrected chi connectivity index (χ1v) is 9.64. The summed E-state index contributed by atoms with van der Waals surface area (Å²) < 4.78 is 23.2. The molecular weight excluding hydrogens is 330 g/mol. The molecule has 1 saturated heterocycles. The number of nitrogens with one attached hydrogen (secondary N) is 1. The van der Waals surface area contributed by atoms with Gasteiger partial charge in [-0.3, -0.25) is 9.59 Å². The van der Waals surface area contributed by atoms with Crippen LogP contribution in [0.5, 0.6) is 0 Å². The number of nitrogens with zero attached hydrogens (tertiary/aromatic N) is 2. The van der Waals surface area contributed by atoms with E-state index in [1.165, 1.54) is 5.01 Å². The number of aryl methyl sites for hydroxylation is 1. The number of sulfone groups is 1. The molecule has 0 radical (unpaired) electrons. The molecule has 0 saturated carbocycles. The zero-order valence-corrected chi connectivity index (χ0v) is 14.2. The highest BCUT2D eigenvalue weighted by atomic mass is 32.2. The molecule has 0 bridgehead atoms. The molecule has 24 heavy (non-hydrogen) atoms. The smallest absolute Gasteiger partial charge is 0.271 e. The maximum atomic E-state index is 12.3. The van der Waals surface area contributed by atoms with E-state index in [1.807, 2.05) is 19.1 Å². The maximum Gasteiger partial charge on any atom is 0.271 e. The Bertz CT molecular complexity index is 799. The Hall–Kier alpha value is -2.22. The minimum Gasteiger partial charge on any atom is -0.321 e. The van der Waals surface area contributed by atoms with Crippen LogP contribution in [0.1, 0.15) is 24.8 Å². The molecule has 7 nitrogen and oxygen atoms in total. The Kier molecular flexibility index (Phi) is 4.40. The summed E-state index contributed by atoms with van der Waals surface area (Å²) in [5.74, 6) is -0.627. The van der Waals surface area contributed by atoms with Gasteiger partial charge in [-0.15, -0.1) is 0 Å². The summed E-state index contributed by atoms with van der Waals surface area (Å²) >= 11 is 0. The first-order valence-electron chi connectivity index (χ1n) is 7.82. The van der Waals surface area contributed by atoms with Crippen molar-refractivity contribution in [3.63, 3.8) is 0 Å². The Morgan fingerprint density at radius 3 is 2.58 bits per heavy atom. The number of carbonyl (C=O) groups is 2. The molecule has 0 aromatic heterocycles. The van der Waals surface area contributed by atoms with E-state index in [2.05, 4.69) is 10.4 Å². The van der Waals surface area contributed by atoms with Gasteiger partial charge in [0.2, 0.25) is 5.91 Å². The zero-order chi connectivity index (χ0) is 17.3. The van der Waals surface area contributed by atoms with Crippen molar-refractivity contribution < 1.29 is 18.0 Å². The Morgan fingerprint density at radius 1 is 1.25 bits per heavy atom. The zero-order valence-electron chi connectivity index (χ0n) is 13.4. The molecule has 0 spiro atoms. The fourth-order valence-corrected chi connectivity index (χ4v) is 4.52. The standard InChI is InChI=1S/C16H19N3O4S/c1-11-2-4-12(5-3-11)17-16(21)14-6-7-15(20)19(18-14)13-8-9-24(22,23)10-13/h2-5,13H,6-10H2,1H3,(H,17,21)/t13-/m1/s1. The summed E-state index contributed by atoms with van der Waals surface area (Å²) in [6, 6.07) is 6.89. The van der Waals surface area contributed by atoms with E-state index < -0.39 is 15.9 Å². The normalized spacial score (nSPS) is 23.0. The van der Waals surface area contributed by atoms with Crippen molar-refractivity contribution in [1.82, 2.24) is 5.01 Å². The van der Waals surface area contributed by atoms with Crippen LogP contribution in [0.15, 0.2) is 29.4 Å². The second kappa shape index (κ2) is 6.35. The fourth-order valence-electron chi connectivity index (χ4n) is 2.83. The summed E-state index contributed by atoms with van der Waals surface area (Å²) in [4.78, 5) is 24.4. The van der Waals surface area contributed by atoms with Crippen LogP contribution in [0.3, 0.4) is 0 Å². The van der Waals surface area contributed by atoms with Crippen LogP contribution in [0.4, 0.5) is 5.69 Å². The van der Waals surface area contributed by atoms with Crippen LogP contribution in [0, 0.1) is 6.92 Å². The summed E-state index contributed by atoms with van der Waals surface area (Å²) in [6.07, 6.45) is 0.785. The molecule has 128 valence electrons. The van der Waals surface area contributed by atoms with E-state index in [0.29, 0.717) is 12.1 Å². The van der Waals surface area contributed by atoms with E-state index in [1.54, 1.807) is 12.1 Å². The summed E-state index contributed by atoms with van der Waals surface area (Å²) in [5, 5.41) is 8.10. The molecule has 2 heterocycles. The molecule has 2 aliphatic rings. The number of benzene rings is 1. The van der Waals surface area contributed by atoms with Gasteiger partial charge in [-0.05, 0) is 25.5 Å². The van der Waals surface area contributed by atoms with Crippen LogP contribution in [0.2, 0.25) is 0 Å². The third kappa shape index (κ3) is 3.64. The van der Waals surface area contributed by atoms with Gasteiger partial charge in [-0.1, -0.05) is 17.7 Å². The third-order valence-electron chi connectivity index (χ3n) is 4.19. The molecule has 2 amide bonds. The molecule has 2 aliphatic heterocycles. The topological polar surface area (TPSA) is 95.9 Å². The molecule has 1 N–H and O–H groups in total. The van der Waals surface area contributed by atoms with Gasteiger partial charge in [0.05, 0.1) is 17.5 Å². The molecule has 0 aliphatic carbocycles. The van der Waals surface area contributed by atoms with Crippen molar-refractivity contribution in [2.24, 2.45) is 5.10 Å². The average molecular weight is 349 g/mol. The molecule has 1 aromatic carbocycles. The number of rotatable bonds is 3. The molecule has 8 heteroatoms. The number of carbonyl (C=O) groups excluding carboxylic acids is 2. The first kappa shape index (κ1) is 16.6. The van der Waals surface area contributed by atoms with Crippen LogP contribution in [-0.4, -0.2) is 48.5 Å². The van der Waals surface area contributed by atoms with Crippen molar-refractivity contribution in [3.05, 3.63) is 29.8 Å².